The molecule has 8 heteroatoms. The molecule has 0 atom stereocenters. The van der Waals surface area contributed by atoms with Gasteiger partial charge in [-0.15, -0.1) is 0 Å². The molecule has 1 fully saturated rings. The van der Waals surface area contributed by atoms with Crippen LogP contribution >= 0.6 is 0 Å². The Morgan fingerprint density at radius 2 is 1.81 bits per heavy atom. The average molecular weight is 377 g/mol. The third kappa shape index (κ3) is 4.50. The van der Waals surface area contributed by atoms with Crippen molar-refractivity contribution in [3.05, 3.63) is 42.2 Å². The Bertz CT molecular complexity index is 835. The van der Waals surface area contributed by atoms with Crippen LogP contribution in [0.15, 0.2) is 41.6 Å². The van der Waals surface area contributed by atoms with Crippen LogP contribution in [0.1, 0.15) is 31.2 Å². The van der Waals surface area contributed by atoms with Gasteiger partial charge in [-0.3, -0.25) is 0 Å². The predicted molar refractivity (Wildman–Crippen MR) is 96.8 cm³/mol. The Balaban J connectivity index is 1.61. The third-order valence-electron chi connectivity index (χ3n) is 4.42. The lowest BCUT2D eigenvalue weighted by Crippen LogP contribution is -2.39. The third-order valence-corrected chi connectivity index (χ3v) is 5.96. The van der Waals surface area contributed by atoms with Gasteiger partial charge in [0, 0.05) is 18.4 Å². The number of benzene rings is 1. The van der Waals surface area contributed by atoms with Crippen LogP contribution in [0.5, 0.6) is 11.8 Å². The summed E-state index contributed by atoms with van der Waals surface area (Å²) in [5.74, 6) is 0.348. The number of rotatable bonds is 6. The summed E-state index contributed by atoms with van der Waals surface area (Å²) in [6.07, 6.45) is 6.17. The largest absolute Gasteiger partial charge is 0.495 e. The lowest BCUT2D eigenvalue weighted by molar-refractivity contribution is 0.132. The molecule has 0 aliphatic heterocycles. The maximum atomic E-state index is 12.8. The van der Waals surface area contributed by atoms with Crippen LogP contribution in [0.4, 0.5) is 0 Å². The number of nitrogens with zero attached hydrogens (tertiary/aromatic N) is 2. The number of ether oxygens (including phenoxy) is 2. The van der Waals surface area contributed by atoms with E-state index < -0.39 is 10.0 Å². The van der Waals surface area contributed by atoms with Crippen molar-refractivity contribution in [2.45, 2.75) is 49.6 Å². The molecule has 7 nitrogen and oxygen atoms in total. The molecule has 3 rings (SSSR count). The number of methoxy groups -OCH3 is 1. The summed E-state index contributed by atoms with van der Waals surface area (Å²) in [4.78, 5) is 8.30. The Labute approximate surface area is 153 Å². The highest BCUT2D eigenvalue weighted by Crippen LogP contribution is 2.27. The van der Waals surface area contributed by atoms with Crippen molar-refractivity contribution in [2.75, 3.05) is 7.11 Å². The normalized spacial score (nSPS) is 20.5. The molecule has 0 radical (unpaired) electrons. The number of sulfonamides is 1. The van der Waals surface area contributed by atoms with E-state index in [1.807, 2.05) is 13.0 Å². The number of hydrogen-bond donors (Lipinski definition) is 1. The first-order chi connectivity index (χ1) is 12.5. The van der Waals surface area contributed by atoms with Gasteiger partial charge in [0.1, 0.15) is 16.7 Å². The number of nitrogens with one attached hydrogen (secondary N) is 1. The minimum absolute atomic E-state index is 0.00617. The molecule has 1 saturated carbocycles. The van der Waals surface area contributed by atoms with Crippen LogP contribution in [-0.2, 0) is 10.0 Å². The van der Waals surface area contributed by atoms with E-state index in [2.05, 4.69) is 14.7 Å². The van der Waals surface area contributed by atoms with Crippen LogP contribution in [0.3, 0.4) is 0 Å². The van der Waals surface area contributed by atoms with Crippen LogP contribution < -0.4 is 14.2 Å². The lowest BCUT2D eigenvalue weighted by atomic mass is 9.94. The second-order valence-electron chi connectivity index (χ2n) is 6.40. The van der Waals surface area contributed by atoms with Gasteiger partial charge in [-0.2, -0.15) is 0 Å². The quantitative estimate of drug-likeness (QED) is 0.832. The van der Waals surface area contributed by atoms with Crippen molar-refractivity contribution >= 4 is 10.0 Å². The van der Waals surface area contributed by atoms with E-state index in [-0.39, 0.29) is 17.0 Å². The molecule has 1 aromatic heterocycles. The van der Waals surface area contributed by atoms with Gasteiger partial charge in [-0.1, -0.05) is 6.07 Å². The molecule has 140 valence electrons. The molecule has 1 aromatic carbocycles. The molecule has 1 aliphatic carbocycles. The standard InChI is InChI=1S/C18H23N3O4S/c1-13-4-9-16(24-2)17(12-13)26(22,23)21-14-5-7-15(8-6-14)25-18-19-10-3-11-20-18/h3-4,9-12,14-15,21H,5-8H2,1-2H3. The monoisotopic (exact) mass is 377 g/mol. The minimum atomic E-state index is -3.64. The van der Waals surface area contributed by atoms with Crippen molar-refractivity contribution < 1.29 is 17.9 Å². The van der Waals surface area contributed by atoms with Gasteiger partial charge >= 0.3 is 6.01 Å². The lowest BCUT2D eigenvalue weighted by Gasteiger charge is -2.28. The van der Waals surface area contributed by atoms with E-state index >= 15 is 0 Å². The van der Waals surface area contributed by atoms with E-state index in [1.165, 1.54) is 7.11 Å². The summed E-state index contributed by atoms with van der Waals surface area (Å²) < 4.78 is 39.3. The summed E-state index contributed by atoms with van der Waals surface area (Å²) in [5, 5.41) is 0. The maximum Gasteiger partial charge on any atom is 0.316 e. The van der Waals surface area contributed by atoms with Crippen molar-refractivity contribution in [3.8, 4) is 11.8 Å². The van der Waals surface area contributed by atoms with Crippen LogP contribution in [0, 0.1) is 6.92 Å². The number of hydrogen-bond acceptors (Lipinski definition) is 6. The topological polar surface area (TPSA) is 90.4 Å². The molecule has 0 bridgehead atoms. The molecule has 2 aromatic rings. The summed E-state index contributed by atoms with van der Waals surface area (Å²) in [6, 6.07) is 7.10. The first kappa shape index (κ1) is 18.6. The molecular weight excluding hydrogens is 354 g/mol. The molecule has 0 amide bonds. The molecule has 1 aliphatic rings. The molecular formula is C18H23N3O4S. The Morgan fingerprint density at radius 1 is 1.12 bits per heavy atom. The minimum Gasteiger partial charge on any atom is -0.495 e. The van der Waals surface area contributed by atoms with E-state index in [1.54, 1.807) is 30.6 Å². The van der Waals surface area contributed by atoms with Crippen molar-refractivity contribution in [3.63, 3.8) is 0 Å². The Hall–Kier alpha value is -2.19. The van der Waals surface area contributed by atoms with Gasteiger partial charge in [-0.25, -0.2) is 23.1 Å². The molecule has 1 heterocycles. The first-order valence-electron chi connectivity index (χ1n) is 8.58. The van der Waals surface area contributed by atoms with Gasteiger partial charge in [0.25, 0.3) is 0 Å². The van der Waals surface area contributed by atoms with E-state index in [9.17, 15) is 8.42 Å². The summed E-state index contributed by atoms with van der Waals surface area (Å²) in [7, 11) is -2.17. The molecule has 26 heavy (non-hydrogen) atoms. The molecule has 1 N–H and O–H groups in total. The first-order valence-corrected chi connectivity index (χ1v) is 10.1. The van der Waals surface area contributed by atoms with E-state index in [0.29, 0.717) is 24.6 Å². The van der Waals surface area contributed by atoms with E-state index in [0.717, 1.165) is 18.4 Å². The van der Waals surface area contributed by atoms with Gasteiger partial charge in [0.05, 0.1) is 7.11 Å². The Morgan fingerprint density at radius 3 is 2.46 bits per heavy atom. The van der Waals surface area contributed by atoms with Crippen molar-refractivity contribution in [1.29, 1.82) is 0 Å². The van der Waals surface area contributed by atoms with Gasteiger partial charge in [0.15, 0.2) is 0 Å². The zero-order chi connectivity index (χ0) is 18.6. The van der Waals surface area contributed by atoms with Crippen molar-refractivity contribution in [1.82, 2.24) is 14.7 Å². The highest BCUT2D eigenvalue weighted by atomic mass is 32.2. The zero-order valence-electron chi connectivity index (χ0n) is 14.9. The average Bonchev–Trinajstić information content (AvgIpc) is 2.64. The second kappa shape index (κ2) is 8.01. The summed E-state index contributed by atoms with van der Waals surface area (Å²) in [5.41, 5.74) is 0.867. The molecule has 0 spiro atoms. The fraction of sp³-hybridized carbons (Fsp3) is 0.444. The fourth-order valence-electron chi connectivity index (χ4n) is 3.07. The maximum absolute atomic E-state index is 12.8. The molecule has 0 saturated heterocycles. The smallest absolute Gasteiger partial charge is 0.316 e. The highest BCUT2D eigenvalue weighted by molar-refractivity contribution is 7.89. The molecule has 0 unspecified atom stereocenters. The Kier molecular flexibility index (Phi) is 5.73. The fourth-order valence-corrected chi connectivity index (χ4v) is 4.63. The van der Waals surface area contributed by atoms with Crippen LogP contribution in [0.2, 0.25) is 0 Å². The predicted octanol–water partition coefficient (Wildman–Crippen LogP) is 2.46. The number of aryl methyl sites for hydroxylation is 1. The number of aromatic nitrogens is 2. The summed E-state index contributed by atoms with van der Waals surface area (Å²) in [6.45, 7) is 1.85. The van der Waals surface area contributed by atoms with Gasteiger partial charge in [-0.05, 0) is 56.4 Å². The van der Waals surface area contributed by atoms with E-state index in [4.69, 9.17) is 9.47 Å². The second-order valence-corrected chi connectivity index (χ2v) is 8.08. The van der Waals surface area contributed by atoms with Crippen molar-refractivity contribution in [2.24, 2.45) is 0 Å². The van der Waals surface area contributed by atoms with Crippen LogP contribution in [0.25, 0.3) is 0 Å². The van der Waals surface area contributed by atoms with Gasteiger partial charge in [0.2, 0.25) is 10.0 Å². The zero-order valence-corrected chi connectivity index (χ0v) is 15.7. The SMILES string of the molecule is COc1ccc(C)cc1S(=O)(=O)NC1CCC(Oc2ncccn2)CC1. The van der Waals surface area contributed by atoms with Crippen LogP contribution in [-0.4, -0.2) is 37.6 Å². The highest BCUT2D eigenvalue weighted by Gasteiger charge is 2.28. The van der Waals surface area contributed by atoms with Gasteiger partial charge < -0.3 is 9.47 Å². The summed E-state index contributed by atoms with van der Waals surface area (Å²) >= 11 is 0.